The van der Waals surface area contributed by atoms with Gasteiger partial charge < -0.3 is 10.2 Å². The van der Waals surface area contributed by atoms with Crippen molar-refractivity contribution in [2.75, 3.05) is 23.3 Å². The Bertz CT molecular complexity index is 475. The first-order valence-corrected chi connectivity index (χ1v) is 6.82. The van der Waals surface area contributed by atoms with Crippen molar-refractivity contribution in [2.45, 2.75) is 20.4 Å². The Hall–Kier alpha value is -2.03. The van der Waals surface area contributed by atoms with E-state index in [1.165, 1.54) is 11.3 Å². The first-order valence-electron chi connectivity index (χ1n) is 6.82. The smallest absolute Gasteiger partial charge is 0.126 e. The van der Waals surface area contributed by atoms with Crippen LogP contribution in [-0.4, -0.2) is 18.1 Å². The maximum atomic E-state index is 4.25. The van der Waals surface area contributed by atoms with Gasteiger partial charge in [-0.1, -0.05) is 18.2 Å². The molecule has 0 fully saturated rings. The van der Waals surface area contributed by atoms with Crippen molar-refractivity contribution in [3.63, 3.8) is 0 Å². The molecule has 0 saturated heterocycles. The van der Waals surface area contributed by atoms with E-state index in [4.69, 9.17) is 0 Å². The van der Waals surface area contributed by atoms with Crippen LogP contribution >= 0.6 is 0 Å². The lowest BCUT2D eigenvalue weighted by molar-refractivity contribution is 0.865. The van der Waals surface area contributed by atoms with E-state index in [9.17, 15) is 0 Å². The first-order chi connectivity index (χ1) is 9.33. The van der Waals surface area contributed by atoms with Crippen LogP contribution in [0.2, 0.25) is 0 Å². The summed E-state index contributed by atoms with van der Waals surface area (Å²) in [6.45, 7) is 7.25. The zero-order valence-corrected chi connectivity index (χ0v) is 11.6. The number of aromatic nitrogens is 1. The van der Waals surface area contributed by atoms with Gasteiger partial charge in [-0.3, -0.25) is 0 Å². The van der Waals surface area contributed by atoms with Gasteiger partial charge in [0.05, 0.1) is 0 Å². The van der Waals surface area contributed by atoms with E-state index in [-0.39, 0.29) is 0 Å². The molecule has 0 spiro atoms. The van der Waals surface area contributed by atoms with Crippen LogP contribution in [0.5, 0.6) is 0 Å². The Labute approximate surface area is 115 Å². The third kappa shape index (κ3) is 3.71. The van der Waals surface area contributed by atoms with Crippen molar-refractivity contribution in [2.24, 2.45) is 0 Å². The number of nitrogens with zero attached hydrogens (tertiary/aromatic N) is 2. The largest absolute Gasteiger partial charge is 0.372 e. The number of nitrogens with one attached hydrogen (secondary N) is 1. The second kappa shape index (κ2) is 6.78. The van der Waals surface area contributed by atoms with E-state index >= 15 is 0 Å². The van der Waals surface area contributed by atoms with Gasteiger partial charge in [-0.05, 0) is 43.7 Å². The Morgan fingerprint density at radius 1 is 1.00 bits per heavy atom. The molecule has 1 N–H and O–H groups in total. The second-order valence-corrected chi connectivity index (χ2v) is 4.41. The second-order valence-electron chi connectivity index (χ2n) is 4.41. The highest BCUT2D eigenvalue weighted by Gasteiger charge is 2.01. The van der Waals surface area contributed by atoms with Gasteiger partial charge in [0.2, 0.25) is 0 Å². The van der Waals surface area contributed by atoms with E-state index < -0.39 is 0 Å². The summed E-state index contributed by atoms with van der Waals surface area (Å²) in [5.41, 5.74) is 2.55. The van der Waals surface area contributed by atoms with E-state index in [0.29, 0.717) is 0 Å². The quantitative estimate of drug-likeness (QED) is 0.855. The zero-order valence-electron chi connectivity index (χ0n) is 11.6. The fraction of sp³-hybridized carbons (Fsp3) is 0.312. The minimum Gasteiger partial charge on any atom is -0.372 e. The lowest BCUT2D eigenvalue weighted by atomic mass is 10.2. The lowest BCUT2D eigenvalue weighted by Gasteiger charge is -2.21. The van der Waals surface area contributed by atoms with Gasteiger partial charge in [-0.15, -0.1) is 0 Å². The molecule has 2 rings (SSSR count). The van der Waals surface area contributed by atoms with E-state index in [0.717, 1.165) is 25.5 Å². The highest BCUT2D eigenvalue weighted by Crippen LogP contribution is 2.15. The Morgan fingerprint density at radius 3 is 2.32 bits per heavy atom. The molecule has 2 aromatic rings. The molecule has 0 atom stereocenters. The highest BCUT2D eigenvalue weighted by atomic mass is 15.1. The van der Waals surface area contributed by atoms with Gasteiger partial charge in [-0.2, -0.15) is 0 Å². The van der Waals surface area contributed by atoms with Crippen molar-refractivity contribution in [1.29, 1.82) is 0 Å². The summed E-state index contributed by atoms with van der Waals surface area (Å²) in [5, 5.41) is 3.31. The first kappa shape index (κ1) is 13.4. The van der Waals surface area contributed by atoms with Crippen LogP contribution in [0.3, 0.4) is 0 Å². The van der Waals surface area contributed by atoms with Gasteiger partial charge in [0, 0.05) is 31.5 Å². The molecular weight excluding hydrogens is 234 g/mol. The number of anilines is 2. The van der Waals surface area contributed by atoms with Crippen LogP contribution in [0.1, 0.15) is 19.4 Å². The van der Waals surface area contributed by atoms with E-state index in [2.05, 4.69) is 53.3 Å². The minimum absolute atomic E-state index is 0.801. The number of hydrogen-bond donors (Lipinski definition) is 1. The third-order valence-corrected chi connectivity index (χ3v) is 3.20. The molecule has 0 bridgehead atoms. The summed E-state index contributed by atoms with van der Waals surface area (Å²) in [6, 6.07) is 14.6. The molecule has 1 aromatic carbocycles. The molecule has 0 aliphatic carbocycles. The molecule has 0 radical (unpaired) electrons. The molecule has 0 unspecified atom stereocenters. The Morgan fingerprint density at radius 2 is 1.74 bits per heavy atom. The van der Waals surface area contributed by atoms with E-state index in [1.807, 2.05) is 18.2 Å². The maximum absolute atomic E-state index is 4.25. The van der Waals surface area contributed by atoms with Gasteiger partial charge in [0.15, 0.2) is 0 Å². The predicted octanol–water partition coefficient (Wildman–Crippen LogP) is 3.54. The fourth-order valence-electron chi connectivity index (χ4n) is 2.07. The van der Waals surface area contributed by atoms with Crippen LogP contribution in [0.25, 0.3) is 0 Å². The summed E-state index contributed by atoms with van der Waals surface area (Å²) in [5.74, 6) is 0.912. The molecule has 0 saturated carbocycles. The van der Waals surface area contributed by atoms with Crippen molar-refractivity contribution in [3.05, 3.63) is 54.2 Å². The molecule has 100 valence electrons. The Kier molecular flexibility index (Phi) is 4.78. The van der Waals surface area contributed by atoms with Crippen LogP contribution in [-0.2, 0) is 6.54 Å². The normalized spacial score (nSPS) is 10.2. The van der Waals surface area contributed by atoms with Gasteiger partial charge in [0.25, 0.3) is 0 Å². The summed E-state index contributed by atoms with van der Waals surface area (Å²) in [4.78, 5) is 6.59. The maximum Gasteiger partial charge on any atom is 0.126 e. The van der Waals surface area contributed by atoms with Crippen molar-refractivity contribution < 1.29 is 0 Å². The predicted molar refractivity (Wildman–Crippen MR) is 81.6 cm³/mol. The number of hydrogen-bond acceptors (Lipinski definition) is 3. The fourth-order valence-corrected chi connectivity index (χ4v) is 2.07. The van der Waals surface area contributed by atoms with Crippen LogP contribution in [0, 0.1) is 0 Å². The molecule has 19 heavy (non-hydrogen) atoms. The molecule has 3 nitrogen and oxygen atoms in total. The summed E-state index contributed by atoms with van der Waals surface area (Å²) < 4.78 is 0. The zero-order chi connectivity index (χ0) is 13.5. The summed E-state index contributed by atoms with van der Waals surface area (Å²) >= 11 is 0. The molecular formula is C16H21N3. The van der Waals surface area contributed by atoms with Crippen LogP contribution in [0.15, 0.2) is 48.7 Å². The third-order valence-electron chi connectivity index (χ3n) is 3.20. The molecule has 0 aliphatic rings. The van der Waals surface area contributed by atoms with Gasteiger partial charge in [0.1, 0.15) is 5.82 Å². The Balaban J connectivity index is 1.95. The highest BCUT2D eigenvalue weighted by molar-refractivity contribution is 5.48. The monoisotopic (exact) mass is 255 g/mol. The van der Waals surface area contributed by atoms with Crippen molar-refractivity contribution >= 4 is 11.5 Å². The molecule has 0 aliphatic heterocycles. The molecule has 0 amide bonds. The van der Waals surface area contributed by atoms with E-state index in [1.54, 1.807) is 6.20 Å². The SMILES string of the molecule is CCN(CC)c1ccc(CNc2ccccn2)cc1. The summed E-state index contributed by atoms with van der Waals surface area (Å²) in [7, 11) is 0. The standard InChI is InChI=1S/C16H21N3/c1-3-19(4-2)15-10-8-14(9-11-15)13-18-16-7-5-6-12-17-16/h5-12H,3-4,13H2,1-2H3,(H,17,18). The van der Waals surface area contributed by atoms with Crippen molar-refractivity contribution in [3.8, 4) is 0 Å². The lowest BCUT2D eigenvalue weighted by Crippen LogP contribution is -2.21. The molecule has 1 heterocycles. The number of rotatable bonds is 6. The number of pyridine rings is 1. The van der Waals surface area contributed by atoms with Crippen molar-refractivity contribution in [1.82, 2.24) is 4.98 Å². The average molecular weight is 255 g/mol. The molecule has 3 heteroatoms. The summed E-state index contributed by atoms with van der Waals surface area (Å²) in [6.07, 6.45) is 1.80. The number of benzene rings is 1. The van der Waals surface area contributed by atoms with Gasteiger partial charge in [-0.25, -0.2) is 4.98 Å². The minimum atomic E-state index is 0.801. The molecule has 1 aromatic heterocycles. The average Bonchev–Trinajstić information content (AvgIpc) is 2.49. The van der Waals surface area contributed by atoms with Crippen LogP contribution in [0.4, 0.5) is 11.5 Å². The van der Waals surface area contributed by atoms with Crippen LogP contribution < -0.4 is 10.2 Å². The van der Waals surface area contributed by atoms with Gasteiger partial charge >= 0.3 is 0 Å². The topological polar surface area (TPSA) is 28.2 Å².